The van der Waals surface area contributed by atoms with Gasteiger partial charge < -0.3 is 14.4 Å². The van der Waals surface area contributed by atoms with Crippen molar-refractivity contribution in [2.45, 2.75) is 6.42 Å². The summed E-state index contributed by atoms with van der Waals surface area (Å²) in [7, 11) is 0. The summed E-state index contributed by atoms with van der Waals surface area (Å²) in [5, 5.41) is 7.82. The monoisotopic (exact) mass is 395 g/mol. The predicted octanol–water partition coefficient (Wildman–Crippen LogP) is 2.36. The number of H-pyrrole nitrogens is 1. The molecule has 3 heterocycles. The third-order valence-electron chi connectivity index (χ3n) is 5.32. The van der Waals surface area contributed by atoms with Gasteiger partial charge >= 0.3 is 0 Å². The third kappa shape index (κ3) is 3.20. The van der Waals surface area contributed by atoms with E-state index in [1.807, 2.05) is 18.2 Å². The number of halogens is 1. The number of Topliss-reactive ketones (excluding diaryl/α,β-unsaturated/α-hetero) is 1. The fourth-order valence-corrected chi connectivity index (χ4v) is 3.74. The van der Waals surface area contributed by atoms with Crippen LogP contribution in [-0.4, -0.2) is 53.1 Å². The van der Waals surface area contributed by atoms with Crippen molar-refractivity contribution in [3.8, 4) is 11.5 Å². The van der Waals surface area contributed by atoms with Gasteiger partial charge in [0.25, 0.3) is 5.91 Å². The normalized spacial score (nSPS) is 16.3. The average molecular weight is 395 g/mol. The van der Waals surface area contributed by atoms with E-state index in [2.05, 4.69) is 10.2 Å². The van der Waals surface area contributed by atoms with Gasteiger partial charge in [-0.1, -0.05) is 6.07 Å². The van der Waals surface area contributed by atoms with E-state index in [0.29, 0.717) is 31.0 Å². The van der Waals surface area contributed by atoms with Gasteiger partial charge in [0.2, 0.25) is 0 Å². The molecule has 2 aromatic carbocycles. The fraction of sp³-hybridized carbons (Fsp3) is 0.286. The van der Waals surface area contributed by atoms with E-state index in [9.17, 15) is 14.0 Å². The Morgan fingerprint density at radius 3 is 3.07 bits per heavy atom. The molecule has 1 saturated heterocycles. The predicted molar refractivity (Wildman–Crippen MR) is 102 cm³/mol. The highest BCUT2D eigenvalue weighted by Gasteiger charge is 2.34. The van der Waals surface area contributed by atoms with E-state index in [0.717, 1.165) is 16.7 Å². The summed E-state index contributed by atoms with van der Waals surface area (Å²) in [5.41, 5.74) is 1.43. The molecule has 1 N–H and O–H groups in total. The van der Waals surface area contributed by atoms with Crippen LogP contribution in [0.25, 0.3) is 10.9 Å². The molecule has 29 heavy (non-hydrogen) atoms. The van der Waals surface area contributed by atoms with E-state index >= 15 is 0 Å². The van der Waals surface area contributed by atoms with Crippen LogP contribution >= 0.6 is 0 Å². The van der Waals surface area contributed by atoms with Gasteiger partial charge in [0.05, 0.1) is 29.3 Å². The Kier molecular flexibility index (Phi) is 4.19. The molecule has 2 aliphatic rings. The van der Waals surface area contributed by atoms with E-state index in [4.69, 9.17) is 9.47 Å². The Morgan fingerprint density at radius 1 is 1.34 bits per heavy atom. The number of amides is 1. The number of benzene rings is 2. The highest BCUT2D eigenvalue weighted by atomic mass is 19.1. The zero-order valence-electron chi connectivity index (χ0n) is 15.5. The van der Waals surface area contributed by atoms with Crippen molar-refractivity contribution >= 4 is 22.6 Å². The average Bonchev–Trinajstić information content (AvgIpc) is 3.16. The number of ketones is 1. The molecule has 1 aromatic heterocycles. The van der Waals surface area contributed by atoms with Crippen molar-refractivity contribution in [3.63, 3.8) is 0 Å². The molecule has 0 radical (unpaired) electrons. The lowest BCUT2D eigenvalue weighted by Crippen LogP contribution is -2.52. The third-order valence-corrected chi connectivity index (χ3v) is 5.32. The highest BCUT2D eigenvalue weighted by molar-refractivity contribution is 5.96. The van der Waals surface area contributed by atoms with Crippen LogP contribution in [0.1, 0.15) is 15.9 Å². The number of aromatic nitrogens is 2. The van der Waals surface area contributed by atoms with Gasteiger partial charge in [-0.2, -0.15) is 5.10 Å². The van der Waals surface area contributed by atoms with Gasteiger partial charge in [-0.05, 0) is 18.2 Å². The van der Waals surface area contributed by atoms with Crippen molar-refractivity contribution in [2.24, 2.45) is 5.92 Å². The summed E-state index contributed by atoms with van der Waals surface area (Å²) in [6, 6.07) is 8.32. The SMILES string of the molecule is O=C1COc2cc(F)c(C(=O)N3CC(COc4cccc5[nH]ncc45)C3)cc2C1. The molecule has 5 rings (SSSR count). The topological polar surface area (TPSA) is 84.5 Å². The maximum absolute atomic E-state index is 14.4. The molecular formula is C21H18FN3O4. The number of hydrogen-bond donors (Lipinski definition) is 1. The lowest BCUT2D eigenvalue weighted by atomic mass is 9.97. The van der Waals surface area contributed by atoms with Crippen LogP contribution in [0.5, 0.6) is 11.5 Å². The van der Waals surface area contributed by atoms with Crippen molar-refractivity contribution in [2.75, 3.05) is 26.3 Å². The highest BCUT2D eigenvalue weighted by Crippen LogP contribution is 2.30. The molecule has 8 heteroatoms. The van der Waals surface area contributed by atoms with Crippen molar-refractivity contribution in [1.82, 2.24) is 15.1 Å². The minimum absolute atomic E-state index is 0.0235. The summed E-state index contributed by atoms with van der Waals surface area (Å²) in [6.07, 6.45) is 1.88. The molecule has 3 aromatic rings. The molecule has 0 unspecified atom stereocenters. The zero-order chi connectivity index (χ0) is 20.0. The molecule has 0 spiro atoms. The quantitative estimate of drug-likeness (QED) is 0.733. The summed E-state index contributed by atoms with van der Waals surface area (Å²) >= 11 is 0. The van der Waals surface area contributed by atoms with E-state index in [-0.39, 0.29) is 36.2 Å². The number of hydrogen-bond acceptors (Lipinski definition) is 5. The van der Waals surface area contributed by atoms with Crippen molar-refractivity contribution in [3.05, 3.63) is 53.5 Å². The fourth-order valence-electron chi connectivity index (χ4n) is 3.74. The summed E-state index contributed by atoms with van der Waals surface area (Å²) in [4.78, 5) is 25.8. The Hall–Kier alpha value is -3.42. The first kappa shape index (κ1) is 17.7. The molecule has 0 aliphatic carbocycles. The maximum Gasteiger partial charge on any atom is 0.256 e. The van der Waals surface area contributed by atoms with Crippen LogP contribution in [0.15, 0.2) is 36.5 Å². The number of carbonyl (C=O) groups excluding carboxylic acids is 2. The first-order valence-electron chi connectivity index (χ1n) is 9.39. The number of fused-ring (bicyclic) bond motifs is 2. The second-order valence-corrected chi connectivity index (χ2v) is 7.42. The molecule has 2 aliphatic heterocycles. The molecule has 1 amide bonds. The van der Waals surface area contributed by atoms with Crippen LogP contribution in [0, 0.1) is 11.7 Å². The lowest BCUT2D eigenvalue weighted by Gasteiger charge is -2.39. The maximum atomic E-state index is 14.4. The van der Waals surface area contributed by atoms with Crippen LogP contribution in [0.4, 0.5) is 4.39 Å². The largest absolute Gasteiger partial charge is 0.492 e. The number of aromatic amines is 1. The minimum Gasteiger partial charge on any atom is -0.492 e. The molecule has 1 fully saturated rings. The Labute approximate surface area is 165 Å². The van der Waals surface area contributed by atoms with Crippen LogP contribution in [0.3, 0.4) is 0 Å². The van der Waals surface area contributed by atoms with Gasteiger partial charge in [-0.3, -0.25) is 14.7 Å². The molecule has 7 nitrogen and oxygen atoms in total. The summed E-state index contributed by atoms with van der Waals surface area (Å²) in [6.45, 7) is 1.39. The Morgan fingerprint density at radius 2 is 2.21 bits per heavy atom. The number of rotatable bonds is 4. The Bertz CT molecular complexity index is 1120. The van der Waals surface area contributed by atoms with Gasteiger partial charge in [0, 0.05) is 37.1 Å². The van der Waals surface area contributed by atoms with Crippen molar-refractivity contribution in [1.29, 1.82) is 0 Å². The van der Waals surface area contributed by atoms with E-state index < -0.39 is 5.82 Å². The first-order valence-corrected chi connectivity index (χ1v) is 9.39. The molecule has 148 valence electrons. The number of likely N-dealkylation sites (tertiary alicyclic amines) is 1. The lowest BCUT2D eigenvalue weighted by molar-refractivity contribution is -0.121. The second-order valence-electron chi connectivity index (χ2n) is 7.42. The number of nitrogens with one attached hydrogen (secondary N) is 1. The molecular weight excluding hydrogens is 377 g/mol. The minimum atomic E-state index is -0.630. The van der Waals surface area contributed by atoms with Gasteiger partial charge in [0.1, 0.15) is 23.9 Å². The van der Waals surface area contributed by atoms with Gasteiger partial charge in [0.15, 0.2) is 5.78 Å². The molecule has 0 atom stereocenters. The smallest absolute Gasteiger partial charge is 0.256 e. The van der Waals surface area contributed by atoms with Crippen molar-refractivity contribution < 1.29 is 23.5 Å². The van der Waals surface area contributed by atoms with Gasteiger partial charge in [-0.25, -0.2) is 4.39 Å². The molecule has 0 saturated carbocycles. The van der Waals surface area contributed by atoms with Gasteiger partial charge in [-0.15, -0.1) is 0 Å². The number of ether oxygens (including phenoxy) is 2. The number of nitrogens with zero attached hydrogens (tertiary/aromatic N) is 2. The number of carbonyl (C=O) groups is 2. The zero-order valence-corrected chi connectivity index (χ0v) is 15.5. The van der Waals surface area contributed by atoms with E-state index in [1.54, 1.807) is 11.1 Å². The van der Waals surface area contributed by atoms with Crippen LogP contribution in [-0.2, 0) is 11.2 Å². The van der Waals surface area contributed by atoms with E-state index in [1.165, 1.54) is 12.1 Å². The van der Waals surface area contributed by atoms with Crippen LogP contribution < -0.4 is 9.47 Å². The molecule has 0 bridgehead atoms. The summed E-state index contributed by atoms with van der Waals surface area (Å²) in [5.74, 6) is 0.155. The second kappa shape index (κ2) is 6.88. The Balaban J connectivity index is 1.22. The standard InChI is InChI=1S/C21H18FN3O4/c22-17-6-20-13(4-14(26)11-29-20)5-15(17)21(27)25-8-12(9-25)10-28-19-3-1-2-18-16(19)7-23-24-18/h1-3,5-7,12H,4,8-11H2,(H,23,24). The van der Waals surface area contributed by atoms with Crippen LogP contribution in [0.2, 0.25) is 0 Å². The first-order chi connectivity index (χ1) is 14.1. The summed E-state index contributed by atoms with van der Waals surface area (Å²) < 4.78 is 25.5.